The quantitative estimate of drug-likeness (QED) is 0.460. The Labute approximate surface area is 107 Å². The highest BCUT2D eigenvalue weighted by atomic mass is 16.7. The van der Waals surface area contributed by atoms with E-state index in [0.29, 0.717) is 6.61 Å². The molecule has 0 aliphatic rings. The molecule has 0 radical (unpaired) electrons. The minimum Gasteiger partial charge on any atom is -0.463 e. The highest BCUT2D eigenvalue weighted by molar-refractivity contribution is 5.86. The lowest BCUT2D eigenvalue weighted by atomic mass is 9.91. The van der Waals surface area contributed by atoms with E-state index in [0.717, 1.165) is 11.3 Å². The standard InChI is InChI=1S/C13H20O5/c1-13(2,3)11-9(7-17-8-15-4)6-10(18-11)12(14)16-5/h6H,7-8H2,1-5H3. The summed E-state index contributed by atoms with van der Waals surface area (Å²) in [5, 5.41) is 0. The van der Waals surface area contributed by atoms with E-state index < -0.39 is 5.97 Å². The predicted octanol–water partition coefficient (Wildman–Crippen LogP) is 2.48. The molecule has 0 saturated carbocycles. The molecule has 0 saturated heterocycles. The number of rotatable bonds is 5. The summed E-state index contributed by atoms with van der Waals surface area (Å²) < 4.78 is 20.3. The van der Waals surface area contributed by atoms with Crippen molar-refractivity contribution in [2.45, 2.75) is 32.8 Å². The smallest absolute Gasteiger partial charge is 0.373 e. The number of methoxy groups -OCH3 is 2. The first kappa shape index (κ1) is 14.7. The number of furan rings is 1. The molecule has 5 nitrogen and oxygen atoms in total. The van der Waals surface area contributed by atoms with Gasteiger partial charge in [-0.3, -0.25) is 0 Å². The second kappa shape index (κ2) is 6.02. The molecule has 1 aromatic heterocycles. The molecule has 0 atom stereocenters. The molecule has 0 amide bonds. The second-order valence-corrected chi connectivity index (χ2v) is 4.96. The molecule has 18 heavy (non-hydrogen) atoms. The Morgan fingerprint density at radius 3 is 2.50 bits per heavy atom. The van der Waals surface area contributed by atoms with Gasteiger partial charge in [0.25, 0.3) is 0 Å². The molecule has 0 spiro atoms. The van der Waals surface area contributed by atoms with Crippen LogP contribution >= 0.6 is 0 Å². The van der Waals surface area contributed by atoms with Crippen LogP contribution in [0.1, 0.15) is 42.6 Å². The molecule has 0 aliphatic heterocycles. The van der Waals surface area contributed by atoms with Crippen LogP contribution in [0.25, 0.3) is 0 Å². The Bertz CT molecular complexity index is 400. The van der Waals surface area contributed by atoms with Crippen LogP contribution in [0, 0.1) is 0 Å². The van der Waals surface area contributed by atoms with Gasteiger partial charge in [-0.2, -0.15) is 0 Å². The maximum absolute atomic E-state index is 11.5. The first-order valence-corrected chi connectivity index (χ1v) is 5.68. The van der Waals surface area contributed by atoms with Crippen molar-refractivity contribution in [1.29, 1.82) is 0 Å². The van der Waals surface area contributed by atoms with Crippen LogP contribution in [0.5, 0.6) is 0 Å². The van der Waals surface area contributed by atoms with Gasteiger partial charge in [-0.15, -0.1) is 0 Å². The van der Waals surface area contributed by atoms with Gasteiger partial charge in [0.1, 0.15) is 12.6 Å². The molecule has 0 N–H and O–H groups in total. The van der Waals surface area contributed by atoms with Gasteiger partial charge in [-0.25, -0.2) is 4.79 Å². The van der Waals surface area contributed by atoms with Gasteiger partial charge in [0, 0.05) is 18.1 Å². The number of ether oxygens (including phenoxy) is 3. The summed E-state index contributed by atoms with van der Waals surface area (Å²) in [5.41, 5.74) is 0.623. The Morgan fingerprint density at radius 2 is 2.00 bits per heavy atom. The molecular weight excluding hydrogens is 236 g/mol. The zero-order valence-electron chi connectivity index (χ0n) is 11.5. The number of hydrogen-bond donors (Lipinski definition) is 0. The number of hydrogen-bond acceptors (Lipinski definition) is 5. The van der Waals surface area contributed by atoms with E-state index >= 15 is 0 Å². The van der Waals surface area contributed by atoms with Crippen molar-refractivity contribution in [2.24, 2.45) is 0 Å². The molecule has 1 rings (SSSR count). The summed E-state index contributed by atoms with van der Waals surface area (Å²) in [6.45, 7) is 6.55. The summed E-state index contributed by atoms with van der Waals surface area (Å²) in [6.07, 6.45) is 0. The third-order valence-electron chi connectivity index (χ3n) is 2.34. The number of carbonyl (C=O) groups excluding carboxylic acids is 1. The van der Waals surface area contributed by atoms with Crippen molar-refractivity contribution in [1.82, 2.24) is 0 Å². The highest BCUT2D eigenvalue weighted by Crippen LogP contribution is 2.29. The van der Waals surface area contributed by atoms with E-state index in [4.69, 9.17) is 13.9 Å². The first-order chi connectivity index (χ1) is 8.40. The Hall–Kier alpha value is -1.33. The molecule has 0 unspecified atom stereocenters. The van der Waals surface area contributed by atoms with Crippen LogP contribution in [-0.2, 0) is 26.2 Å². The topological polar surface area (TPSA) is 57.9 Å². The van der Waals surface area contributed by atoms with E-state index in [2.05, 4.69) is 4.74 Å². The molecule has 5 heteroatoms. The van der Waals surface area contributed by atoms with Crippen LogP contribution in [0.3, 0.4) is 0 Å². The van der Waals surface area contributed by atoms with Crippen LogP contribution in [0.15, 0.2) is 10.5 Å². The number of carbonyl (C=O) groups is 1. The molecule has 0 bridgehead atoms. The Morgan fingerprint density at radius 1 is 1.33 bits per heavy atom. The van der Waals surface area contributed by atoms with E-state index in [9.17, 15) is 4.79 Å². The van der Waals surface area contributed by atoms with Gasteiger partial charge in [-0.05, 0) is 6.07 Å². The minimum atomic E-state index is -0.488. The number of esters is 1. The fourth-order valence-electron chi connectivity index (χ4n) is 1.61. The van der Waals surface area contributed by atoms with Crippen molar-refractivity contribution < 1.29 is 23.4 Å². The molecule has 1 heterocycles. The fraction of sp³-hybridized carbons (Fsp3) is 0.615. The molecule has 1 aromatic rings. The van der Waals surface area contributed by atoms with E-state index in [1.54, 1.807) is 13.2 Å². The second-order valence-electron chi connectivity index (χ2n) is 4.96. The monoisotopic (exact) mass is 256 g/mol. The zero-order valence-corrected chi connectivity index (χ0v) is 11.5. The van der Waals surface area contributed by atoms with Gasteiger partial charge in [0.05, 0.1) is 13.7 Å². The molecule has 102 valence electrons. The maximum Gasteiger partial charge on any atom is 0.373 e. The minimum absolute atomic E-state index is 0.193. The molecular formula is C13H20O5. The lowest BCUT2D eigenvalue weighted by Gasteiger charge is -2.17. The third-order valence-corrected chi connectivity index (χ3v) is 2.34. The largest absolute Gasteiger partial charge is 0.463 e. The molecule has 0 aromatic carbocycles. The average Bonchev–Trinajstić information content (AvgIpc) is 2.72. The van der Waals surface area contributed by atoms with Gasteiger partial charge in [0.15, 0.2) is 0 Å². The zero-order chi connectivity index (χ0) is 13.8. The SMILES string of the molecule is COCOCc1cc(C(=O)OC)oc1C(C)(C)C. The van der Waals surface area contributed by atoms with Crippen LogP contribution < -0.4 is 0 Å². The van der Waals surface area contributed by atoms with Gasteiger partial charge in [-0.1, -0.05) is 20.8 Å². The van der Waals surface area contributed by atoms with E-state index in [1.807, 2.05) is 20.8 Å². The lowest BCUT2D eigenvalue weighted by Crippen LogP contribution is -2.13. The highest BCUT2D eigenvalue weighted by Gasteiger charge is 2.26. The Kier molecular flexibility index (Phi) is 4.93. The van der Waals surface area contributed by atoms with Gasteiger partial charge < -0.3 is 18.6 Å². The summed E-state index contributed by atoms with van der Waals surface area (Å²) in [4.78, 5) is 11.5. The van der Waals surface area contributed by atoms with E-state index in [-0.39, 0.29) is 18.0 Å². The van der Waals surface area contributed by atoms with Crippen LogP contribution in [-0.4, -0.2) is 27.0 Å². The summed E-state index contributed by atoms with van der Waals surface area (Å²) in [6, 6.07) is 1.65. The van der Waals surface area contributed by atoms with Gasteiger partial charge in [0.2, 0.25) is 5.76 Å². The van der Waals surface area contributed by atoms with Crippen LogP contribution in [0.4, 0.5) is 0 Å². The maximum atomic E-state index is 11.5. The first-order valence-electron chi connectivity index (χ1n) is 5.68. The summed E-state index contributed by atoms with van der Waals surface area (Å²) in [5.74, 6) is 0.427. The molecule has 0 aliphatic carbocycles. The van der Waals surface area contributed by atoms with Crippen molar-refractivity contribution in [3.63, 3.8) is 0 Å². The average molecular weight is 256 g/mol. The fourth-order valence-corrected chi connectivity index (χ4v) is 1.61. The van der Waals surface area contributed by atoms with Crippen LogP contribution in [0.2, 0.25) is 0 Å². The van der Waals surface area contributed by atoms with E-state index in [1.165, 1.54) is 7.11 Å². The summed E-state index contributed by atoms with van der Waals surface area (Å²) >= 11 is 0. The van der Waals surface area contributed by atoms with Crippen molar-refractivity contribution in [2.75, 3.05) is 21.0 Å². The third kappa shape index (κ3) is 3.58. The predicted molar refractivity (Wildman–Crippen MR) is 65.4 cm³/mol. The van der Waals surface area contributed by atoms with Crippen molar-refractivity contribution in [3.8, 4) is 0 Å². The van der Waals surface area contributed by atoms with Gasteiger partial charge >= 0.3 is 5.97 Å². The summed E-state index contributed by atoms with van der Waals surface area (Å²) in [7, 11) is 2.88. The lowest BCUT2D eigenvalue weighted by molar-refractivity contribution is -0.0396. The molecule has 0 fully saturated rings. The van der Waals surface area contributed by atoms with Crippen molar-refractivity contribution in [3.05, 3.63) is 23.2 Å². The Balaban J connectivity index is 2.98. The van der Waals surface area contributed by atoms with Crippen molar-refractivity contribution >= 4 is 5.97 Å². The normalized spacial score (nSPS) is 11.6.